The van der Waals surface area contributed by atoms with Gasteiger partial charge in [0.1, 0.15) is 5.56 Å². The number of hydrogen-bond acceptors (Lipinski definition) is 7. The van der Waals surface area contributed by atoms with Crippen LogP contribution in [0.2, 0.25) is 0 Å². The van der Waals surface area contributed by atoms with E-state index < -0.39 is 22.8 Å². The molecule has 0 bridgehead atoms. The van der Waals surface area contributed by atoms with Gasteiger partial charge in [0.25, 0.3) is 0 Å². The van der Waals surface area contributed by atoms with Gasteiger partial charge in [-0.05, 0) is 6.92 Å². The second kappa shape index (κ2) is 5.70. The lowest BCUT2D eigenvalue weighted by molar-refractivity contribution is -0.119. The fraction of sp³-hybridized carbons (Fsp3) is 0.188. The molecule has 0 radical (unpaired) electrons. The highest BCUT2D eigenvalue weighted by molar-refractivity contribution is 7.12. The van der Waals surface area contributed by atoms with E-state index in [9.17, 15) is 23.9 Å². The van der Waals surface area contributed by atoms with E-state index in [1.165, 1.54) is 33.9 Å². The molecular weight excluding hydrogens is 363 g/mol. The van der Waals surface area contributed by atoms with Gasteiger partial charge in [-0.3, -0.25) is 14.2 Å². The van der Waals surface area contributed by atoms with Crippen molar-refractivity contribution in [2.75, 3.05) is 18.0 Å². The molecule has 0 saturated carbocycles. The molecule has 26 heavy (non-hydrogen) atoms. The Balaban J connectivity index is 2.11. The van der Waals surface area contributed by atoms with Crippen molar-refractivity contribution in [2.45, 2.75) is 6.92 Å². The van der Waals surface area contributed by atoms with Crippen LogP contribution in [0.15, 0.2) is 22.6 Å². The van der Waals surface area contributed by atoms with Crippen molar-refractivity contribution in [1.29, 1.82) is 0 Å². The molecule has 1 N–H and O–H groups in total. The molecule has 0 atom stereocenters. The van der Waals surface area contributed by atoms with Crippen LogP contribution in [0.1, 0.15) is 15.9 Å². The van der Waals surface area contributed by atoms with Gasteiger partial charge >= 0.3 is 5.97 Å². The normalized spacial score (nSPS) is 13.9. The summed E-state index contributed by atoms with van der Waals surface area (Å²) in [5.74, 6) is -2.24. The van der Waals surface area contributed by atoms with Gasteiger partial charge in [-0.15, -0.1) is 11.3 Å². The maximum Gasteiger partial charge on any atom is 0.341 e. The van der Waals surface area contributed by atoms with E-state index in [0.29, 0.717) is 5.13 Å². The number of rotatable bonds is 3. The number of Topliss-reactive ketones (excluding diaryl/α,β-unsaturated/α-hetero) is 1. The van der Waals surface area contributed by atoms with Crippen molar-refractivity contribution in [1.82, 2.24) is 14.5 Å². The zero-order chi connectivity index (χ0) is 18.6. The number of fused-ring (bicyclic) bond motifs is 1. The number of carbonyl (C=O) groups excluding carboxylic acids is 1. The summed E-state index contributed by atoms with van der Waals surface area (Å²) in [6.07, 6.45) is 2.66. The van der Waals surface area contributed by atoms with Crippen molar-refractivity contribution in [3.8, 4) is 5.13 Å². The third kappa shape index (κ3) is 2.30. The van der Waals surface area contributed by atoms with Gasteiger partial charge in [-0.1, -0.05) is 0 Å². The Labute approximate surface area is 149 Å². The molecule has 0 aromatic carbocycles. The maximum absolute atomic E-state index is 14.8. The standard InChI is InChI=1S/C16H11FN4O4S/c1-7-10-12(23)9(15(24)25)6-21(16-18-2-3-26-16)13(10)19-14(11(7)17)20-4-8(22)5-20/h2-3,6H,4-5H2,1H3,(H,24,25). The van der Waals surface area contributed by atoms with Crippen molar-refractivity contribution < 1.29 is 19.1 Å². The molecular formula is C16H11FN4O4S. The van der Waals surface area contributed by atoms with Crippen molar-refractivity contribution in [3.63, 3.8) is 0 Å². The summed E-state index contributed by atoms with van der Waals surface area (Å²) in [4.78, 5) is 45.1. The van der Waals surface area contributed by atoms with E-state index in [4.69, 9.17) is 0 Å². The number of aromatic carboxylic acids is 1. The SMILES string of the molecule is Cc1c(F)c(N2CC(=O)C2)nc2c1c(=O)c(C(=O)O)cn2-c1nccs1. The first-order chi connectivity index (χ1) is 12.4. The number of anilines is 1. The number of thiazole rings is 1. The summed E-state index contributed by atoms with van der Waals surface area (Å²) < 4.78 is 16.2. The maximum atomic E-state index is 14.8. The molecule has 1 saturated heterocycles. The minimum atomic E-state index is -1.42. The molecule has 0 aliphatic carbocycles. The van der Waals surface area contributed by atoms with Gasteiger partial charge in [0.05, 0.1) is 18.5 Å². The fourth-order valence-corrected chi connectivity index (χ4v) is 3.47. The quantitative estimate of drug-likeness (QED) is 0.738. The number of halogens is 1. The van der Waals surface area contributed by atoms with Crippen LogP contribution in [0.3, 0.4) is 0 Å². The average Bonchev–Trinajstić information content (AvgIpc) is 3.09. The number of pyridine rings is 2. The van der Waals surface area contributed by atoms with Crippen LogP contribution in [0.25, 0.3) is 16.2 Å². The molecule has 0 amide bonds. The largest absolute Gasteiger partial charge is 0.477 e. The van der Waals surface area contributed by atoms with E-state index >= 15 is 0 Å². The smallest absolute Gasteiger partial charge is 0.341 e. The second-order valence-electron chi connectivity index (χ2n) is 5.83. The van der Waals surface area contributed by atoms with Gasteiger partial charge in [0, 0.05) is 23.3 Å². The Morgan fingerprint density at radius 1 is 1.35 bits per heavy atom. The van der Waals surface area contributed by atoms with Gasteiger partial charge in [0.2, 0.25) is 5.43 Å². The first-order valence-corrected chi connectivity index (χ1v) is 8.41. The number of carboxylic acids is 1. The van der Waals surface area contributed by atoms with E-state index in [1.54, 1.807) is 5.38 Å². The molecule has 0 spiro atoms. The second-order valence-corrected chi connectivity index (χ2v) is 6.70. The Kier molecular flexibility index (Phi) is 3.58. The average molecular weight is 374 g/mol. The third-order valence-corrected chi connectivity index (χ3v) is 4.95. The molecule has 8 nitrogen and oxygen atoms in total. The molecule has 3 aromatic heterocycles. The summed E-state index contributed by atoms with van der Waals surface area (Å²) >= 11 is 1.22. The molecule has 1 aliphatic rings. The number of aromatic nitrogens is 3. The number of ketones is 1. The number of carboxylic acid groups (broad SMARTS) is 1. The zero-order valence-corrected chi connectivity index (χ0v) is 14.2. The molecule has 0 unspecified atom stereocenters. The van der Waals surface area contributed by atoms with Crippen LogP contribution >= 0.6 is 11.3 Å². The molecule has 132 valence electrons. The first kappa shape index (κ1) is 16.3. The van der Waals surface area contributed by atoms with Crippen LogP contribution in [0.5, 0.6) is 0 Å². The van der Waals surface area contributed by atoms with E-state index in [-0.39, 0.29) is 41.3 Å². The Morgan fingerprint density at radius 2 is 2.08 bits per heavy atom. The molecule has 4 heterocycles. The van der Waals surface area contributed by atoms with Gasteiger partial charge in [-0.25, -0.2) is 19.2 Å². The minimum absolute atomic E-state index is 0.0113. The van der Waals surface area contributed by atoms with Crippen molar-refractivity contribution in [2.24, 2.45) is 0 Å². The lowest BCUT2D eigenvalue weighted by Crippen LogP contribution is -2.48. The van der Waals surface area contributed by atoms with Crippen LogP contribution < -0.4 is 10.3 Å². The van der Waals surface area contributed by atoms with Crippen LogP contribution in [0, 0.1) is 12.7 Å². The summed E-state index contributed by atoms with van der Waals surface area (Å²) in [6, 6.07) is 0. The lowest BCUT2D eigenvalue weighted by Gasteiger charge is -2.31. The van der Waals surface area contributed by atoms with Crippen LogP contribution in [0.4, 0.5) is 10.2 Å². The third-order valence-electron chi connectivity index (χ3n) is 4.18. The summed E-state index contributed by atoms with van der Waals surface area (Å²) in [5, 5.41) is 11.3. The molecule has 1 aliphatic heterocycles. The highest BCUT2D eigenvalue weighted by Crippen LogP contribution is 2.29. The lowest BCUT2D eigenvalue weighted by atomic mass is 10.1. The number of carbonyl (C=O) groups is 2. The number of hydrogen-bond donors (Lipinski definition) is 1. The van der Waals surface area contributed by atoms with E-state index in [1.807, 2.05) is 0 Å². The van der Waals surface area contributed by atoms with Gasteiger partial charge in [-0.2, -0.15) is 0 Å². The highest BCUT2D eigenvalue weighted by Gasteiger charge is 2.30. The monoisotopic (exact) mass is 374 g/mol. The van der Waals surface area contributed by atoms with E-state index in [0.717, 1.165) is 6.20 Å². The van der Waals surface area contributed by atoms with Crippen LogP contribution in [-0.4, -0.2) is 44.5 Å². The molecule has 1 fully saturated rings. The first-order valence-electron chi connectivity index (χ1n) is 7.53. The number of aryl methyl sites for hydroxylation is 1. The summed E-state index contributed by atoms with van der Waals surface area (Å²) in [5.41, 5.74) is -1.22. The minimum Gasteiger partial charge on any atom is -0.477 e. The Hall–Kier alpha value is -3.14. The highest BCUT2D eigenvalue weighted by atomic mass is 32.1. The predicted molar refractivity (Wildman–Crippen MR) is 91.9 cm³/mol. The van der Waals surface area contributed by atoms with Gasteiger partial charge < -0.3 is 10.0 Å². The summed E-state index contributed by atoms with van der Waals surface area (Å²) in [7, 11) is 0. The van der Waals surface area contributed by atoms with E-state index in [2.05, 4.69) is 9.97 Å². The topological polar surface area (TPSA) is 105 Å². The van der Waals surface area contributed by atoms with Gasteiger partial charge in [0.15, 0.2) is 28.2 Å². The number of nitrogens with zero attached hydrogens (tertiary/aromatic N) is 4. The molecule has 10 heteroatoms. The zero-order valence-electron chi connectivity index (χ0n) is 13.4. The Morgan fingerprint density at radius 3 is 2.65 bits per heavy atom. The fourth-order valence-electron chi connectivity index (χ4n) is 2.85. The van der Waals surface area contributed by atoms with Crippen molar-refractivity contribution in [3.05, 3.63) is 44.9 Å². The molecule has 3 aromatic rings. The van der Waals surface area contributed by atoms with Crippen LogP contribution in [-0.2, 0) is 4.79 Å². The summed E-state index contributed by atoms with van der Waals surface area (Å²) in [6.45, 7) is 1.48. The predicted octanol–water partition coefficient (Wildman–Crippen LogP) is 1.38. The van der Waals surface area contributed by atoms with Crippen molar-refractivity contribution >= 4 is 39.9 Å². The molecule has 4 rings (SSSR count). The Bertz CT molecular complexity index is 1130.